The largest absolute Gasteiger partial charge is 0.399 e. The van der Waals surface area contributed by atoms with Crippen LogP contribution in [0.2, 0.25) is 0 Å². The van der Waals surface area contributed by atoms with Crippen LogP contribution in [0.25, 0.3) is 22.4 Å². The van der Waals surface area contributed by atoms with Gasteiger partial charge in [-0.25, -0.2) is 4.98 Å². The lowest BCUT2D eigenvalue weighted by Crippen LogP contribution is -2.00. The molecule has 1 aromatic heterocycles. The van der Waals surface area contributed by atoms with Gasteiger partial charge in [0.05, 0.1) is 11.0 Å². The van der Waals surface area contributed by atoms with Crippen molar-refractivity contribution in [3.63, 3.8) is 0 Å². The summed E-state index contributed by atoms with van der Waals surface area (Å²) in [5.41, 5.74) is 16.3. The van der Waals surface area contributed by atoms with Crippen molar-refractivity contribution in [1.82, 2.24) is 9.55 Å². The van der Waals surface area contributed by atoms with Crippen LogP contribution in [-0.2, 0) is 6.54 Å². The van der Waals surface area contributed by atoms with Crippen molar-refractivity contribution in [2.45, 2.75) is 26.3 Å². The Morgan fingerprint density at radius 2 is 1.71 bits per heavy atom. The Balaban J connectivity index is 2.17. The zero-order chi connectivity index (χ0) is 14.8. The summed E-state index contributed by atoms with van der Waals surface area (Å²) >= 11 is 0. The second-order valence-electron chi connectivity index (χ2n) is 5.31. The fourth-order valence-corrected chi connectivity index (χ4v) is 2.54. The number of nitrogens with zero attached hydrogens (tertiary/aromatic N) is 2. The number of fused-ring (bicyclic) bond motifs is 1. The van der Waals surface area contributed by atoms with Crippen molar-refractivity contribution >= 4 is 22.4 Å². The minimum Gasteiger partial charge on any atom is -0.399 e. The van der Waals surface area contributed by atoms with Gasteiger partial charge in [-0.3, -0.25) is 0 Å². The molecule has 0 amide bonds. The average molecular weight is 280 g/mol. The van der Waals surface area contributed by atoms with Crippen LogP contribution in [0.5, 0.6) is 0 Å². The summed E-state index contributed by atoms with van der Waals surface area (Å²) in [6, 6.07) is 13.8. The number of aromatic nitrogens is 2. The van der Waals surface area contributed by atoms with Gasteiger partial charge in [0, 0.05) is 23.5 Å². The van der Waals surface area contributed by atoms with E-state index in [2.05, 4.69) is 11.5 Å². The second kappa shape index (κ2) is 5.48. The molecule has 0 saturated heterocycles. The highest BCUT2D eigenvalue weighted by atomic mass is 15.1. The number of nitrogens with two attached hydrogens (primary N) is 2. The number of benzene rings is 2. The van der Waals surface area contributed by atoms with Crippen LogP contribution in [0.3, 0.4) is 0 Å². The number of hydrogen-bond donors (Lipinski definition) is 2. The lowest BCUT2D eigenvalue weighted by Gasteiger charge is -2.09. The van der Waals surface area contributed by atoms with Crippen molar-refractivity contribution < 1.29 is 0 Å². The van der Waals surface area contributed by atoms with E-state index in [1.165, 1.54) is 0 Å². The van der Waals surface area contributed by atoms with Crippen molar-refractivity contribution in [3.05, 3.63) is 42.5 Å². The molecule has 0 bridgehead atoms. The Labute approximate surface area is 124 Å². The molecule has 0 fully saturated rings. The summed E-state index contributed by atoms with van der Waals surface area (Å²) in [6.45, 7) is 3.15. The molecule has 0 unspecified atom stereocenters. The van der Waals surface area contributed by atoms with Gasteiger partial charge in [-0.2, -0.15) is 0 Å². The third kappa shape index (κ3) is 2.57. The topological polar surface area (TPSA) is 69.9 Å². The highest BCUT2D eigenvalue weighted by Crippen LogP contribution is 2.27. The van der Waals surface area contributed by atoms with Crippen molar-refractivity contribution in [2.24, 2.45) is 0 Å². The summed E-state index contributed by atoms with van der Waals surface area (Å²) < 4.78 is 2.27. The van der Waals surface area contributed by atoms with Gasteiger partial charge in [-0.05, 0) is 48.9 Å². The van der Waals surface area contributed by atoms with Crippen molar-refractivity contribution in [1.29, 1.82) is 0 Å². The predicted molar refractivity (Wildman–Crippen MR) is 88.9 cm³/mol. The zero-order valence-corrected chi connectivity index (χ0v) is 12.2. The summed E-state index contributed by atoms with van der Waals surface area (Å²) in [7, 11) is 0. The molecular formula is C17H20N4. The zero-order valence-electron chi connectivity index (χ0n) is 12.2. The Kier molecular flexibility index (Phi) is 3.52. The van der Waals surface area contributed by atoms with Gasteiger partial charge in [-0.1, -0.05) is 13.3 Å². The number of unbranched alkanes of at least 4 members (excludes halogenated alkanes) is 1. The van der Waals surface area contributed by atoms with Gasteiger partial charge in [-0.15, -0.1) is 0 Å². The molecule has 0 saturated carbocycles. The van der Waals surface area contributed by atoms with E-state index in [1.807, 2.05) is 42.5 Å². The maximum atomic E-state index is 5.88. The lowest BCUT2D eigenvalue weighted by molar-refractivity contribution is 0.651. The lowest BCUT2D eigenvalue weighted by atomic mass is 10.2. The molecule has 0 aliphatic rings. The van der Waals surface area contributed by atoms with Crippen molar-refractivity contribution in [2.75, 3.05) is 11.5 Å². The molecule has 4 N–H and O–H groups in total. The third-order valence-corrected chi connectivity index (χ3v) is 3.68. The quantitative estimate of drug-likeness (QED) is 0.716. The van der Waals surface area contributed by atoms with Gasteiger partial charge < -0.3 is 16.0 Å². The van der Waals surface area contributed by atoms with E-state index in [9.17, 15) is 0 Å². The standard InChI is InChI=1S/C17H20N4/c1-2-3-10-21-16-9-8-14(19)11-15(16)20-17(21)12-4-6-13(18)7-5-12/h4-9,11H,2-3,10,18-19H2,1H3. The smallest absolute Gasteiger partial charge is 0.141 e. The molecule has 0 atom stereocenters. The number of aryl methyl sites for hydroxylation is 1. The van der Waals surface area contributed by atoms with Crippen molar-refractivity contribution in [3.8, 4) is 11.4 Å². The molecule has 108 valence electrons. The second-order valence-corrected chi connectivity index (χ2v) is 5.31. The molecule has 0 spiro atoms. The maximum absolute atomic E-state index is 5.88. The van der Waals surface area contributed by atoms with E-state index in [-0.39, 0.29) is 0 Å². The first-order valence-corrected chi connectivity index (χ1v) is 7.30. The van der Waals surface area contributed by atoms with Crippen LogP contribution in [0.15, 0.2) is 42.5 Å². The molecule has 2 aromatic carbocycles. The molecule has 0 aliphatic carbocycles. The monoisotopic (exact) mass is 280 g/mol. The maximum Gasteiger partial charge on any atom is 0.141 e. The minimum atomic E-state index is 0.742. The first-order valence-electron chi connectivity index (χ1n) is 7.30. The van der Waals surface area contributed by atoms with Crippen LogP contribution in [-0.4, -0.2) is 9.55 Å². The molecule has 0 aliphatic heterocycles. The first kappa shape index (κ1) is 13.5. The molecular weight excluding hydrogens is 260 g/mol. The number of nitrogen functional groups attached to an aromatic ring is 2. The predicted octanol–water partition coefficient (Wildman–Crippen LogP) is 3.67. The van der Waals surface area contributed by atoms with E-state index < -0.39 is 0 Å². The molecule has 3 aromatic rings. The summed E-state index contributed by atoms with van der Waals surface area (Å²) in [5.74, 6) is 0.976. The fraction of sp³-hybridized carbons (Fsp3) is 0.235. The minimum absolute atomic E-state index is 0.742. The Bertz CT molecular complexity index is 756. The molecule has 1 heterocycles. The van der Waals surface area contributed by atoms with E-state index in [4.69, 9.17) is 16.5 Å². The SMILES string of the molecule is CCCCn1c(-c2ccc(N)cc2)nc2cc(N)ccc21. The highest BCUT2D eigenvalue weighted by molar-refractivity contribution is 5.83. The van der Waals surface area contributed by atoms with E-state index in [1.54, 1.807) is 0 Å². The molecule has 0 radical (unpaired) electrons. The van der Waals surface area contributed by atoms with Crippen LogP contribution < -0.4 is 11.5 Å². The third-order valence-electron chi connectivity index (χ3n) is 3.68. The average Bonchev–Trinajstić information content (AvgIpc) is 2.83. The van der Waals surface area contributed by atoms with E-state index in [0.717, 1.165) is 53.2 Å². The van der Waals surface area contributed by atoms with E-state index in [0.29, 0.717) is 0 Å². The number of imidazole rings is 1. The molecule has 21 heavy (non-hydrogen) atoms. The van der Waals surface area contributed by atoms with Gasteiger partial charge in [0.2, 0.25) is 0 Å². The fourth-order valence-electron chi connectivity index (χ4n) is 2.54. The molecule has 4 nitrogen and oxygen atoms in total. The Morgan fingerprint density at radius 1 is 1.00 bits per heavy atom. The highest BCUT2D eigenvalue weighted by Gasteiger charge is 2.12. The van der Waals surface area contributed by atoms with Crippen LogP contribution in [0.1, 0.15) is 19.8 Å². The molecule has 3 rings (SSSR count). The van der Waals surface area contributed by atoms with Gasteiger partial charge >= 0.3 is 0 Å². The van der Waals surface area contributed by atoms with Crippen LogP contribution in [0, 0.1) is 0 Å². The molecule has 4 heteroatoms. The number of rotatable bonds is 4. The summed E-state index contributed by atoms with van der Waals surface area (Å²) in [4.78, 5) is 4.77. The Hall–Kier alpha value is -2.49. The van der Waals surface area contributed by atoms with Crippen LogP contribution in [0.4, 0.5) is 11.4 Å². The number of anilines is 2. The Morgan fingerprint density at radius 3 is 2.43 bits per heavy atom. The van der Waals surface area contributed by atoms with Gasteiger partial charge in [0.1, 0.15) is 5.82 Å². The normalized spacial score (nSPS) is 11.1. The summed E-state index contributed by atoms with van der Waals surface area (Å²) in [5, 5.41) is 0. The summed E-state index contributed by atoms with van der Waals surface area (Å²) in [6.07, 6.45) is 2.27. The first-order chi connectivity index (χ1) is 10.2. The van der Waals surface area contributed by atoms with Crippen LogP contribution >= 0.6 is 0 Å². The number of hydrogen-bond acceptors (Lipinski definition) is 3. The van der Waals surface area contributed by atoms with Gasteiger partial charge in [0.15, 0.2) is 0 Å². The van der Waals surface area contributed by atoms with Gasteiger partial charge in [0.25, 0.3) is 0 Å². The van der Waals surface area contributed by atoms with E-state index >= 15 is 0 Å².